The van der Waals surface area contributed by atoms with Crippen molar-refractivity contribution in [3.8, 4) is 0 Å². The normalized spacial score (nSPS) is 11.2. The van der Waals surface area contributed by atoms with Gasteiger partial charge < -0.3 is 4.98 Å². The van der Waals surface area contributed by atoms with Gasteiger partial charge in [-0.05, 0) is 24.3 Å². The maximum atomic E-state index is 13.9. The number of amides is 1. The number of halogens is 3. The Bertz CT molecular complexity index is 1250. The van der Waals surface area contributed by atoms with Crippen molar-refractivity contribution < 1.29 is 18.0 Å². The number of hydrogen-bond donors (Lipinski definition) is 2. The average molecular weight is 375 g/mol. The van der Waals surface area contributed by atoms with Crippen molar-refractivity contribution in [1.29, 1.82) is 0 Å². The summed E-state index contributed by atoms with van der Waals surface area (Å²) in [5, 5.41) is 2.18. The van der Waals surface area contributed by atoms with Gasteiger partial charge in [0, 0.05) is 12.3 Å². The number of thiazole rings is 1. The maximum Gasteiger partial charge on any atom is 0.262 e. The van der Waals surface area contributed by atoms with Gasteiger partial charge in [-0.1, -0.05) is 11.3 Å². The van der Waals surface area contributed by atoms with E-state index in [-0.39, 0.29) is 16.2 Å². The van der Waals surface area contributed by atoms with Crippen molar-refractivity contribution in [2.45, 2.75) is 0 Å². The van der Waals surface area contributed by atoms with Crippen molar-refractivity contribution in [3.63, 3.8) is 0 Å². The number of anilines is 1. The second kappa shape index (κ2) is 5.95. The summed E-state index contributed by atoms with van der Waals surface area (Å²) >= 11 is 1.03. The van der Waals surface area contributed by atoms with Crippen LogP contribution in [0.25, 0.3) is 21.1 Å². The lowest BCUT2D eigenvalue weighted by molar-refractivity contribution is 0.102. The minimum Gasteiger partial charge on any atom is -0.360 e. The highest BCUT2D eigenvalue weighted by Gasteiger charge is 2.18. The number of carbonyl (C=O) groups excluding carboxylic acids is 1. The SMILES string of the molecule is O=C(Nc1nc2ccc(F)cc2s1)c1c[nH]c2cc(F)cc(F)c2c1=O. The first-order valence-electron chi connectivity index (χ1n) is 7.30. The third-order valence-corrected chi connectivity index (χ3v) is 4.65. The Morgan fingerprint density at radius 2 is 1.92 bits per heavy atom. The van der Waals surface area contributed by atoms with Crippen molar-refractivity contribution in [3.05, 3.63) is 69.8 Å². The van der Waals surface area contributed by atoms with E-state index in [1.165, 1.54) is 18.2 Å². The van der Waals surface area contributed by atoms with Crippen molar-refractivity contribution >= 4 is 43.5 Å². The van der Waals surface area contributed by atoms with E-state index >= 15 is 0 Å². The van der Waals surface area contributed by atoms with E-state index in [0.717, 1.165) is 23.6 Å². The first-order chi connectivity index (χ1) is 12.4. The molecule has 0 unspecified atom stereocenters. The van der Waals surface area contributed by atoms with Crippen LogP contribution in [-0.4, -0.2) is 15.9 Å². The summed E-state index contributed by atoms with van der Waals surface area (Å²) < 4.78 is 40.9. The number of pyridine rings is 1. The molecule has 0 saturated heterocycles. The summed E-state index contributed by atoms with van der Waals surface area (Å²) in [6.45, 7) is 0. The van der Waals surface area contributed by atoms with E-state index in [4.69, 9.17) is 0 Å². The number of aromatic amines is 1. The fourth-order valence-electron chi connectivity index (χ4n) is 2.55. The highest BCUT2D eigenvalue weighted by molar-refractivity contribution is 7.22. The molecule has 26 heavy (non-hydrogen) atoms. The first-order valence-corrected chi connectivity index (χ1v) is 8.12. The number of fused-ring (bicyclic) bond motifs is 2. The summed E-state index contributed by atoms with van der Waals surface area (Å²) in [6, 6.07) is 5.51. The molecule has 2 heterocycles. The zero-order valence-corrected chi connectivity index (χ0v) is 13.6. The Morgan fingerprint density at radius 3 is 2.73 bits per heavy atom. The highest BCUT2D eigenvalue weighted by Crippen LogP contribution is 2.26. The minimum absolute atomic E-state index is 0.0560. The Hall–Kier alpha value is -3.20. The monoisotopic (exact) mass is 375 g/mol. The van der Waals surface area contributed by atoms with Gasteiger partial charge in [0.25, 0.3) is 5.91 Å². The van der Waals surface area contributed by atoms with Crippen LogP contribution in [0.5, 0.6) is 0 Å². The van der Waals surface area contributed by atoms with E-state index in [2.05, 4.69) is 15.3 Å². The van der Waals surface area contributed by atoms with Crippen LogP contribution in [0.2, 0.25) is 0 Å². The van der Waals surface area contributed by atoms with E-state index in [1.54, 1.807) is 0 Å². The molecular formula is C17H8F3N3O2S. The summed E-state index contributed by atoms with van der Waals surface area (Å²) in [4.78, 5) is 31.4. The molecule has 2 aromatic heterocycles. The van der Waals surface area contributed by atoms with Gasteiger partial charge in [-0.25, -0.2) is 18.2 Å². The van der Waals surface area contributed by atoms with E-state index in [9.17, 15) is 22.8 Å². The predicted octanol–water partition coefficient (Wildman–Crippen LogP) is 3.81. The molecular weight excluding hydrogens is 367 g/mol. The third kappa shape index (κ3) is 2.72. The van der Waals surface area contributed by atoms with Crippen LogP contribution in [0.1, 0.15) is 10.4 Å². The van der Waals surface area contributed by atoms with Gasteiger partial charge in [-0.2, -0.15) is 0 Å². The molecule has 0 aliphatic carbocycles. The number of H-pyrrole nitrogens is 1. The molecule has 0 bridgehead atoms. The average Bonchev–Trinajstić information content (AvgIpc) is 2.95. The van der Waals surface area contributed by atoms with Crippen LogP contribution in [0, 0.1) is 17.5 Å². The molecule has 4 aromatic rings. The molecule has 0 aliphatic heterocycles. The van der Waals surface area contributed by atoms with Crippen LogP contribution >= 0.6 is 11.3 Å². The topological polar surface area (TPSA) is 74.8 Å². The molecule has 0 radical (unpaired) electrons. The second-order valence-electron chi connectivity index (χ2n) is 5.43. The molecule has 0 saturated carbocycles. The highest BCUT2D eigenvalue weighted by atomic mass is 32.1. The van der Waals surface area contributed by atoms with Gasteiger partial charge >= 0.3 is 0 Å². The number of aromatic nitrogens is 2. The van der Waals surface area contributed by atoms with Crippen molar-refractivity contribution in [1.82, 2.24) is 9.97 Å². The molecule has 4 rings (SSSR count). The molecule has 0 fully saturated rings. The largest absolute Gasteiger partial charge is 0.360 e. The molecule has 2 N–H and O–H groups in total. The van der Waals surface area contributed by atoms with Crippen molar-refractivity contribution in [2.24, 2.45) is 0 Å². The lowest BCUT2D eigenvalue weighted by atomic mass is 10.1. The fraction of sp³-hybridized carbons (Fsp3) is 0. The Labute approximate surface area is 147 Å². The Balaban J connectivity index is 1.73. The smallest absolute Gasteiger partial charge is 0.262 e. The molecule has 0 aliphatic rings. The van der Waals surface area contributed by atoms with Gasteiger partial charge in [0.2, 0.25) is 5.43 Å². The standard InChI is InChI=1S/C17H8F3N3O2S/c18-7-1-2-11-13(5-7)26-17(22-11)23-16(25)9-6-21-12-4-8(19)3-10(20)14(12)15(9)24/h1-6H,(H,21,24)(H,22,23,25). The quantitative estimate of drug-likeness (QED) is 0.560. The van der Waals surface area contributed by atoms with Gasteiger partial charge in [-0.15, -0.1) is 0 Å². The second-order valence-corrected chi connectivity index (χ2v) is 6.46. The van der Waals surface area contributed by atoms with Gasteiger partial charge in [0.05, 0.1) is 21.1 Å². The number of hydrogen-bond acceptors (Lipinski definition) is 4. The third-order valence-electron chi connectivity index (χ3n) is 3.71. The number of rotatable bonds is 2. The minimum atomic E-state index is -1.06. The summed E-state index contributed by atoms with van der Waals surface area (Å²) in [7, 11) is 0. The number of nitrogens with one attached hydrogen (secondary N) is 2. The maximum absolute atomic E-state index is 13.9. The lowest BCUT2D eigenvalue weighted by Crippen LogP contribution is -2.22. The van der Waals surface area contributed by atoms with E-state index < -0.39 is 34.2 Å². The Morgan fingerprint density at radius 1 is 1.12 bits per heavy atom. The van der Waals surface area contributed by atoms with Crippen LogP contribution in [0.4, 0.5) is 18.3 Å². The number of benzene rings is 2. The Kier molecular flexibility index (Phi) is 3.73. The molecule has 5 nitrogen and oxygen atoms in total. The fourth-order valence-corrected chi connectivity index (χ4v) is 3.44. The molecule has 130 valence electrons. The van der Waals surface area contributed by atoms with E-state index in [1.807, 2.05) is 0 Å². The predicted molar refractivity (Wildman–Crippen MR) is 92.0 cm³/mol. The molecule has 0 spiro atoms. The molecule has 0 atom stereocenters. The first kappa shape index (κ1) is 16.3. The summed E-state index contributed by atoms with van der Waals surface area (Å²) in [5.74, 6) is -3.15. The zero-order chi connectivity index (χ0) is 18.4. The van der Waals surface area contributed by atoms with Crippen LogP contribution in [0.3, 0.4) is 0 Å². The molecule has 9 heteroatoms. The van der Waals surface area contributed by atoms with E-state index in [0.29, 0.717) is 16.3 Å². The van der Waals surface area contributed by atoms with Gasteiger partial charge in [0.1, 0.15) is 23.0 Å². The van der Waals surface area contributed by atoms with Gasteiger partial charge in [0.15, 0.2) is 5.13 Å². The number of carbonyl (C=O) groups is 1. The number of nitrogens with zero attached hydrogens (tertiary/aromatic N) is 1. The summed E-state index contributed by atoms with van der Waals surface area (Å²) in [5.41, 5.74) is -0.797. The van der Waals surface area contributed by atoms with Crippen molar-refractivity contribution in [2.75, 3.05) is 5.32 Å². The lowest BCUT2D eigenvalue weighted by Gasteiger charge is -2.04. The van der Waals surface area contributed by atoms with Crippen LogP contribution < -0.4 is 10.7 Å². The molecule has 1 amide bonds. The van der Waals surface area contributed by atoms with Crippen LogP contribution in [-0.2, 0) is 0 Å². The molecule has 2 aromatic carbocycles. The zero-order valence-electron chi connectivity index (χ0n) is 12.8. The summed E-state index contributed by atoms with van der Waals surface area (Å²) in [6.07, 6.45) is 1.08. The van der Waals surface area contributed by atoms with Gasteiger partial charge in [-0.3, -0.25) is 14.9 Å². The van der Waals surface area contributed by atoms with Crippen LogP contribution in [0.15, 0.2) is 41.3 Å².